The fourth-order valence-corrected chi connectivity index (χ4v) is 4.41. The smallest absolute Gasteiger partial charge is 0.258 e. The van der Waals surface area contributed by atoms with Crippen LogP contribution in [-0.2, 0) is 13.0 Å². The Morgan fingerprint density at radius 1 is 1.29 bits per heavy atom. The minimum atomic E-state index is -0.0188. The Bertz CT molecular complexity index is 1360. The molecule has 8 heteroatoms. The molecule has 34 heavy (non-hydrogen) atoms. The van der Waals surface area contributed by atoms with Crippen LogP contribution >= 0.6 is 0 Å². The van der Waals surface area contributed by atoms with E-state index in [1.165, 1.54) is 11.1 Å². The Kier molecular flexibility index (Phi) is 5.86. The summed E-state index contributed by atoms with van der Waals surface area (Å²) < 4.78 is 11.3. The van der Waals surface area contributed by atoms with E-state index in [9.17, 15) is 5.26 Å². The van der Waals surface area contributed by atoms with Crippen LogP contribution in [0.4, 0.5) is 0 Å². The summed E-state index contributed by atoms with van der Waals surface area (Å²) in [5, 5.41) is 17.4. The van der Waals surface area contributed by atoms with E-state index >= 15 is 0 Å². The molecule has 4 aromatic rings. The molecule has 2 heterocycles. The molecular weight excluding hydrogens is 428 g/mol. The normalized spacial score (nSPS) is 14.9. The van der Waals surface area contributed by atoms with Crippen LogP contribution in [0.25, 0.3) is 22.8 Å². The fourth-order valence-electron chi connectivity index (χ4n) is 4.41. The van der Waals surface area contributed by atoms with E-state index in [1.807, 2.05) is 45.2 Å². The van der Waals surface area contributed by atoms with Gasteiger partial charge in [0.1, 0.15) is 17.6 Å². The van der Waals surface area contributed by atoms with Gasteiger partial charge >= 0.3 is 0 Å². The average molecular weight is 455 g/mol. The second-order valence-electron chi connectivity index (χ2n) is 8.77. The Morgan fingerprint density at radius 3 is 2.94 bits per heavy atom. The first-order chi connectivity index (χ1) is 16.5. The van der Waals surface area contributed by atoms with Crippen LogP contribution in [0.1, 0.15) is 54.5 Å². The SMILES string of the molecule is Cc1cnc(CNC2CCc3c(-c4noc(-c5ccc(OC(C)C)c(C#N)c5)n4)cccc32)[nH]1. The highest BCUT2D eigenvalue weighted by atomic mass is 16.5. The van der Waals surface area contributed by atoms with Gasteiger partial charge in [-0.3, -0.25) is 0 Å². The lowest BCUT2D eigenvalue weighted by Gasteiger charge is -2.13. The summed E-state index contributed by atoms with van der Waals surface area (Å²) in [4.78, 5) is 12.3. The number of nitrogens with zero attached hydrogens (tertiary/aromatic N) is 4. The molecule has 0 saturated carbocycles. The van der Waals surface area contributed by atoms with Crippen molar-refractivity contribution < 1.29 is 9.26 Å². The maximum Gasteiger partial charge on any atom is 0.258 e. The number of H-pyrrole nitrogens is 1. The number of hydrogen-bond acceptors (Lipinski definition) is 7. The van der Waals surface area contributed by atoms with Crippen LogP contribution in [-0.4, -0.2) is 26.2 Å². The maximum absolute atomic E-state index is 9.53. The molecule has 0 aliphatic heterocycles. The fraction of sp³-hybridized carbons (Fsp3) is 0.308. The number of benzene rings is 2. The number of aromatic nitrogens is 4. The van der Waals surface area contributed by atoms with Crippen LogP contribution in [0.2, 0.25) is 0 Å². The summed E-state index contributed by atoms with van der Waals surface area (Å²) in [5.74, 6) is 2.41. The molecule has 1 unspecified atom stereocenters. The summed E-state index contributed by atoms with van der Waals surface area (Å²) in [7, 11) is 0. The monoisotopic (exact) mass is 454 g/mol. The third-order valence-corrected chi connectivity index (χ3v) is 5.92. The number of nitriles is 1. The number of rotatable bonds is 7. The molecule has 0 saturated heterocycles. The minimum absolute atomic E-state index is 0.0188. The van der Waals surface area contributed by atoms with E-state index in [0.29, 0.717) is 35.1 Å². The zero-order valence-corrected chi connectivity index (χ0v) is 19.4. The highest BCUT2D eigenvalue weighted by molar-refractivity contribution is 5.67. The lowest BCUT2D eigenvalue weighted by Crippen LogP contribution is -2.19. The van der Waals surface area contributed by atoms with Crippen molar-refractivity contribution in [3.63, 3.8) is 0 Å². The van der Waals surface area contributed by atoms with E-state index in [-0.39, 0.29) is 12.1 Å². The molecule has 0 bridgehead atoms. The van der Waals surface area contributed by atoms with Gasteiger partial charge in [-0.05, 0) is 62.9 Å². The van der Waals surface area contributed by atoms with E-state index in [0.717, 1.165) is 29.9 Å². The number of aryl methyl sites for hydroxylation is 1. The first-order valence-corrected chi connectivity index (χ1v) is 11.4. The second-order valence-corrected chi connectivity index (χ2v) is 8.77. The number of imidazole rings is 1. The van der Waals surface area contributed by atoms with Crippen molar-refractivity contribution in [2.45, 2.75) is 52.3 Å². The van der Waals surface area contributed by atoms with Gasteiger partial charge in [0, 0.05) is 29.1 Å². The zero-order valence-electron chi connectivity index (χ0n) is 19.4. The quantitative estimate of drug-likeness (QED) is 0.409. The van der Waals surface area contributed by atoms with Gasteiger partial charge in [0.2, 0.25) is 5.82 Å². The highest BCUT2D eigenvalue weighted by Crippen LogP contribution is 2.37. The number of aromatic amines is 1. The van der Waals surface area contributed by atoms with Gasteiger partial charge in [0.15, 0.2) is 0 Å². The summed E-state index contributed by atoms with van der Waals surface area (Å²) in [6.45, 7) is 6.54. The molecule has 2 N–H and O–H groups in total. The van der Waals surface area contributed by atoms with Crippen molar-refractivity contribution in [2.75, 3.05) is 0 Å². The van der Waals surface area contributed by atoms with Crippen molar-refractivity contribution in [3.05, 3.63) is 70.8 Å². The molecule has 2 aromatic heterocycles. The predicted octanol–water partition coefficient (Wildman–Crippen LogP) is 4.87. The molecule has 1 aliphatic rings. The topological polar surface area (TPSA) is 113 Å². The Labute approximate surface area is 198 Å². The maximum atomic E-state index is 9.53. The Balaban J connectivity index is 1.38. The summed E-state index contributed by atoms with van der Waals surface area (Å²) >= 11 is 0. The lowest BCUT2D eigenvalue weighted by molar-refractivity contribution is 0.241. The minimum Gasteiger partial charge on any atom is -0.490 e. The van der Waals surface area contributed by atoms with E-state index in [4.69, 9.17) is 9.26 Å². The van der Waals surface area contributed by atoms with Gasteiger partial charge in [0.05, 0.1) is 18.2 Å². The van der Waals surface area contributed by atoms with Crippen molar-refractivity contribution >= 4 is 0 Å². The molecular formula is C26H26N6O2. The van der Waals surface area contributed by atoms with Gasteiger partial charge in [0.25, 0.3) is 5.89 Å². The Hall–Kier alpha value is -3.96. The molecule has 1 atom stereocenters. The molecule has 1 aliphatic carbocycles. The van der Waals surface area contributed by atoms with Crippen LogP contribution in [0.15, 0.2) is 47.1 Å². The molecule has 0 fully saturated rings. The average Bonchev–Trinajstić information content (AvgIpc) is 3.57. The third kappa shape index (κ3) is 4.30. The number of ether oxygens (including phenoxy) is 1. The largest absolute Gasteiger partial charge is 0.490 e. The van der Waals surface area contributed by atoms with Crippen molar-refractivity contribution in [1.82, 2.24) is 25.4 Å². The van der Waals surface area contributed by atoms with E-state index in [1.54, 1.807) is 12.1 Å². The summed E-state index contributed by atoms with van der Waals surface area (Å²) in [6.07, 6.45) is 3.76. The molecule has 0 amide bonds. The first-order valence-electron chi connectivity index (χ1n) is 11.4. The zero-order chi connectivity index (χ0) is 23.7. The Morgan fingerprint density at radius 2 is 2.18 bits per heavy atom. The number of nitrogens with one attached hydrogen (secondary N) is 2. The number of fused-ring (bicyclic) bond motifs is 1. The van der Waals surface area contributed by atoms with Crippen LogP contribution in [0, 0.1) is 18.3 Å². The van der Waals surface area contributed by atoms with Crippen LogP contribution < -0.4 is 10.1 Å². The molecule has 8 nitrogen and oxygen atoms in total. The summed E-state index contributed by atoms with van der Waals surface area (Å²) in [6, 6.07) is 14.0. The van der Waals surface area contributed by atoms with Gasteiger partial charge in [-0.1, -0.05) is 23.4 Å². The molecule has 172 valence electrons. The molecule has 0 spiro atoms. The summed E-state index contributed by atoms with van der Waals surface area (Å²) in [5.41, 5.74) is 5.66. The first kappa shape index (κ1) is 21.9. The second kappa shape index (κ2) is 9.12. The van der Waals surface area contributed by atoms with Crippen molar-refractivity contribution in [2.24, 2.45) is 0 Å². The van der Waals surface area contributed by atoms with Gasteiger partial charge in [-0.2, -0.15) is 10.2 Å². The molecule has 5 rings (SSSR count). The van der Waals surface area contributed by atoms with Crippen LogP contribution in [0.3, 0.4) is 0 Å². The van der Waals surface area contributed by atoms with Gasteiger partial charge in [-0.15, -0.1) is 0 Å². The van der Waals surface area contributed by atoms with Crippen LogP contribution in [0.5, 0.6) is 5.75 Å². The highest BCUT2D eigenvalue weighted by Gasteiger charge is 2.26. The third-order valence-electron chi connectivity index (χ3n) is 5.92. The molecule has 2 aromatic carbocycles. The van der Waals surface area contributed by atoms with Crippen molar-refractivity contribution in [1.29, 1.82) is 5.26 Å². The molecule has 0 radical (unpaired) electrons. The number of hydrogen-bond donors (Lipinski definition) is 2. The van der Waals surface area contributed by atoms with E-state index in [2.05, 4.69) is 37.6 Å². The lowest BCUT2D eigenvalue weighted by atomic mass is 10.0. The standard InChI is InChI=1S/C26H26N6O2/c1-15(2)33-23-10-7-17(11-18(23)12-27)26-31-25(32-34-26)21-6-4-5-20-19(21)8-9-22(20)28-14-24-29-13-16(3)30-24/h4-7,10-11,13,15,22,28H,8-9,14H2,1-3H3,(H,29,30). The predicted molar refractivity (Wildman–Crippen MR) is 127 cm³/mol. The van der Waals surface area contributed by atoms with Gasteiger partial charge < -0.3 is 19.6 Å². The van der Waals surface area contributed by atoms with Gasteiger partial charge in [-0.25, -0.2) is 4.98 Å². The van der Waals surface area contributed by atoms with E-state index < -0.39 is 0 Å². The van der Waals surface area contributed by atoms with Crippen molar-refractivity contribution in [3.8, 4) is 34.7 Å².